The zero-order valence-electron chi connectivity index (χ0n) is 16.1. The Kier molecular flexibility index (Phi) is 6.49. The minimum absolute atomic E-state index is 0.0721. The first-order chi connectivity index (χ1) is 11.7. The molecule has 0 aliphatic carbocycles. The minimum atomic E-state index is -0.668. The molecule has 0 spiro atoms. The topological polar surface area (TPSA) is 76.9 Å². The molecule has 6 heteroatoms. The van der Waals surface area contributed by atoms with Gasteiger partial charge in [-0.3, -0.25) is 19.6 Å². The standard InChI is InChI=1S/C19H32N4O2/c1-15(24)19(4)11-8-9-16-14-23(22-21-16)12-7-5-6-10-18(2,3)17(25)13-20-19/h14,20H,5-13H2,1-4H3/t19-/m0/s1. The van der Waals surface area contributed by atoms with Crippen molar-refractivity contribution in [2.45, 2.75) is 84.7 Å². The van der Waals surface area contributed by atoms with Crippen molar-refractivity contribution >= 4 is 11.6 Å². The van der Waals surface area contributed by atoms with Gasteiger partial charge in [-0.15, -0.1) is 5.10 Å². The third-order valence-corrected chi connectivity index (χ3v) is 5.56. The lowest BCUT2D eigenvalue weighted by Gasteiger charge is -2.30. The molecule has 25 heavy (non-hydrogen) atoms. The Balaban J connectivity index is 2.12. The lowest BCUT2D eigenvalue weighted by atomic mass is 9.81. The normalized spacial score (nSPS) is 26.3. The van der Waals surface area contributed by atoms with Gasteiger partial charge < -0.3 is 0 Å². The molecule has 0 amide bonds. The fourth-order valence-electron chi connectivity index (χ4n) is 3.25. The van der Waals surface area contributed by atoms with Crippen molar-refractivity contribution in [2.75, 3.05) is 6.54 Å². The lowest BCUT2D eigenvalue weighted by molar-refractivity contribution is -0.128. The van der Waals surface area contributed by atoms with E-state index in [0.717, 1.165) is 50.8 Å². The van der Waals surface area contributed by atoms with Crippen LogP contribution in [0.1, 0.15) is 71.9 Å². The summed E-state index contributed by atoms with van der Waals surface area (Å²) in [6.07, 6.45) is 8.33. The van der Waals surface area contributed by atoms with Crippen molar-refractivity contribution in [1.82, 2.24) is 20.3 Å². The molecule has 0 saturated carbocycles. The van der Waals surface area contributed by atoms with Crippen molar-refractivity contribution in [3.05, 3.63) is 11.9 Å². The number of aryl methyl sites for hydroxylation is 2. The highest BCUT2D eigenvalue weighted by Crippen LogP contribution is 2.26. The third-order valence-electron chi connectivity index (χ3n) is 5.56. The number of carbonyl (C=O) groups excluding carboxylic acids is 2. The summed E-state index contributed by atoms with van der Waals surface area (Å²) in [7, 11) is 0. The summed E-state index contributed by atoms with van der Waals surface area (Å²) in [5.41, 5.74) is -0.0590. The van der Waals surface area contributed by atoms with Crippen LogP contribution in [0.2, 0.25) is 0 Å². The lowest BCUT2D eigenvalue weighted by Crippen LogP contribution is -2.51. The third kappa shape index (κ3) is 5.46. The first-order valence-electron chi connectivity index (χ1n) is 9.41. The maximum Gasteiger partial charge on any atom is 0.152 e. The molecule has 2 rings (SSSR count). The van der Waals surface area contributed by atoms with Crippen molar-refractivity contribution in [1.29, 1.82) is 0 Å². The number of hydrogen-bond donors (Lipinski definition) is 1. The second-order valence-electron chi connectivity index (χ2n) is 8.19. The summed E-state index contributed by atoms with van der Waals surface area (Å²) in [5, 5.41) is 11.7. The fourth-order valence-corrected chi connectivity index (χ4v) is 3.25. The average molecular weight is 348 g/mol. The molecule has 1 aromatic rings. The van der Waals surface area contributed by atoms with Gasteiger partial charge in [0.15, 0.2) is 5.78 Å². The van der Waals surface area contributed by atoms with Gasteiger partial charge in [0.25, 0.3) is 0 Å². The van der Waals surface area contributed by atoms with Crippen molar-refractivity contribution in [2.24, 2.45) is 5.41 Å². The van der Waals surface area contributed by atoms with Crippen LogP contribution >= 0.6 is 0 Å². The smallest absolute Gasteiger partial charge is 0.152 e. The van der Waals surface area contributed by atoms with Crippen LogP contribution in [-0.2, 0) is 22.6 Å². The molecule has 2 bridgehead atoms. The summed E-state index contributed by atoms with van der Waals surface area (Å²) < 4.78 is 1.90. The molecule has 6 nitrogen and oxygen atoms in total. The van der Waals surface area contributed by atoms with Gasteiger partial charge in [0.2, 0.25) is 0 Å². The molecule has 1 aliphatic heterocycles. The minimum Gasteiger partial charge on any atom is -0.298 e. The van der Waals surface area contributed by atoms with Crippen molar-refractivity contribution in [3.8, 4) is 0 Å². The largest absolute Gasteiger partial charge is 0.298 e. The van der Waals surface area contributed by atoms with Crippen molar-refractivity contribution < 1.29 is 9.59 Å². The van der Waals surface area contributed by atoms with Gasteiger partial charge in [0.1, 0.15) is 5.78 Å². The van der Waals surface area contributed by atoms with E-state index in [0.29, 0.717) is 6.42 Å². The highest BCUT2D eigenvalue weighted by Gasteiger charge is 2.33. The number of carbonyl (C=O) groups is 2. The molecule has 1 aromatic heterocycles. The Morgan fingerprint density at radius 2 is 1.92 bits per heavy atom. The Hall–Kier alpha value is -1.56. The SMILES string of the molecule is CC(=O)[C@]1(C)CCCc2cn(nn2)CCCCCC(C)(C)C(=O)CN1. The molecule has 1 aliphatic rings. The Bertz CT molecular complexity index is 608. The molecule has 0 saturated heterocycles. The second-order valence-corrected chi connectivity index (χ2v) is 8.19. The van der Waals surface area contributed by atoms with Crippen LogP contribution < -0.4 is 5.32 Å². The van der Waals surface area contributed by atoms with Crippen LogP contribution in [0.15, 0.2) is 6.20 Å². The van der Waals surface area contributed by atoms with E-state index < -0.39 is 5.54 Å². The Morgan fingerprint density at radius 3 is 2.64 bits per heavy atom. The van der Waals surface area contributed by atoms with E-state index in [2.05, 4.69) is 15.6 Å². The summed E-state index contributed by atoms with van der Waals surface area (Å²) in [6, 6.07) is 0. The fraction of sp³-hybridized carbons (Fsp3) is 0.789. The second kappa shape index (κ2) is 8.21. The highest BCUT2D eigenvalue weighted by molar-refractivity contribution is 5.89. The zero-order valence-corrected chi connectivity index (χ0v) is 16.1. The van der Waals surface area contributed by atoms with E-state index in [4.69, 9.17) is 0 Å². The number of ketones is 2. The Morgan fingerprint density at radius 1 is 1.16 bits per heavy atom. The molecule has 0 aromatic carbocycles. The molecular weight excluding hydrogens is 316 g/mol. The van der Waals surface area contributed by atoms with Crippen molar-refractivity contribution in [3.63, 3.8) is 0 Å². The van der Waals surface area contributed by atoms with E-state index in [1.807, 2.05) is 31.6 Å². The molecule has 0 radical (unpaired) electrons. The number of fused-ring (bicyclic) bond motifs is 2. The number of aromatic nitrogens is 3. The van der Waals surface area contributed by atoms with Crippen LogP contribution in [0.5, 0.6) is 0 Å². The van der Waals surface area contributed by atoms with E-state index >= 15 is 0 Å². The van der Waals surface area contributed by atoms with Crippen LogP contribution in [0, 0.1) is 5.41 Å². The summed E-state index contributed by atoms with van der Waals surface area (Å²) >= 11 is 0. The number of rotatable bonds is 1. The van der Waals surface area contributed by atoms with E-state index in [1.165, 1.54) is 0 Å². The summed E-state index contributed by atoms with van der Waals surface area (Å²) in [4.78, 5) is 24.8. The first-order valence-corrected chi connectivity index (χ1v) is 9.41. The maximum atomic E-state index is 12.6. The maximum absolute atomic E-state index is 12.6. The number of nitrogens with one attached hydrogen (secondary N) is 1. The quantitative estimate of drug-likeness (QED) is 0.844. The summed E-state index contributed by atoms with van der Waals surface area (Å²) in [6.45, 7) is 8.63. The van der Waals surface area contributed by atoms with Crippen LogP contribution in [0.3, 0.4) is 0 Å². The summed E-state index contributed by atoms with van der Waals surface area (Å²) in [5.74, 6) is 0.256. The number of Topliss-reactive ketones (excluding diaryl/α,β-unsaturated/α-hetero) is 2. The molecular formula is C19H32N4O2. The number of hydrogen-bond acceptors (Lipinski definition) is 5. The van der Waals surface area contributed by atoms with E-state index in [-0.39, 0.29) is 23.5 Å². The van der Waals surface area contributed by atoms with Gasteiger partial charge in [-0.1, -0.05) is 31.9 Å². The van der Waals surface area contributed by atoms with Gasteiger partial charge in [0.05, 0.1) is 17.8 Å². The van der Waals surface area contributed by atoms with Gasteiger partial charge in [0, 0.05) is 18.2 Å². The molecule has 140 valence electrons. The monoisotopic (exact) mass is 348 g/mol. The van der Waals surface area contributed by atoms with E-state index in [9.17, 15) is 9.59 Å². The molecule has 0 unspecified atom stereocenters. The Labute approximate surface area is 150 Å². The number of nitrogens with zero attached hydrogens (tertiary/aromatic N) is 3. The van der Waals surface area contributed by atoms with Gasteiger partial charge >= 0.3 is 0 Å². The average Bonchev–Trinajstić information content (AvgIpc) is 2.99. The predicted molar refractivity (Wildman–Crippen MR) is 97.3 cm³/mol. The first kappa shape index (κ1) is 19.8. The predicted octanol–water partition coefficient (Wildman–Crippen LogP) is 2.71. The van der Waals surface area contributed by atoms with Gasteiger partial charge in [-0.2, -0.15) is 0 Å². The highest BCUT2D eigenvalue weighted by atomic mass is 16.1. The molecule has 1 atom stereocenters. The zero-order chi connectivity index (χ0) is 18.5. The molecule has 0 fully saturated rings. The molecule has 1 N–H and O–H groups in total. The molecule has 2 heterocycles. The van der Waals surface area contributed by atoms with E-state index in [1.54, 1.807) is 6.92 Å². The van der Waals surface area contributed by atoms with Gasteiger partial charge in [-0.25, -0.2) is 0 Å². The van der Waals surface area contributed by atoms with Gasteiger partial charge in [-0.05, 0) is 46.0 Å². The van der Waals surface area contributed by atoms with Crippen LogP contribution in [0.25, 0.3) is 0 Å². The van der Waals surface area contributed by atoms with Crippen LogP contribution in [0.4, 0.5) is 0 Å². The van der Waals surface area contributed by atoms with Crippen LogP contribution in [-0.4, -0.2) is 38.6 Å².